The predicted molar refractivity (Wildman–Crippen MR) is 59.9 cm³/mol. The van der Waals surface area contributed by atoms with Crippen LogP contribution in [0.15, 0.2) is 4.40 Å². The molecule has 0 spiro atoms. The molecule has 0 bridgehead atoms. The third-order valence-electron chi connectivity index (χ3n) is 2.09. The molecule has 0 aromatic carbocycles. The number of rotatable bonds is 2. The van der Waals surface area contributed by atoms with Crippen LogP contribution in [-0.4, -0.2) is 28.4 Å². The van der Waals surface area contributed by atoms with E-state index in [1.165, 1.54) is 0 Å². The maximum atomic E-state index is 11.6. The van der Waals surface area contributed by atoms with Crippen LogP contribution in [0, 0.1) is 5.92 Å². The molecule has 4 heteroatoms. The largest absolute Gasteiger partial charge is 0.381 e. The first-order chi connectivity index (χ1) is 6.50. The minimum Gasteiger partial charge on any atom is -0.381 e. The Bertz CT molecular complexity index is 227. The van der Waals surface area contributed by atoms with Crippen LogP contribution in [0.4, 0.5) is 0 Å². The molecule has 3 nitrogen and oxygen atoms in total. The smallest absolute Gasteiger partial charge is 0.144 e. The highest BCUT2D eigenvalue weighted by atomic mass is 32.2. The summed E-state index contributed by atoms with van der Waals surface area (Å²) in [6.45, 7) is 7.37. The molecular weight excluding hydrogens is 198 g/mol. The van der Waals surface area contributed by atoms with Crippen molar-refractivity contribution in [3.63, 3.8) is 0 Å². The zero-order valence-electron chi connectivity index (χ0n) is 9.16. The minimum absolute atomic E-state index is 0.258. The summed E-state index contributed by atoms with van der Waals surface area (Å²) in [5.74, 6) is 0.357. The molecule has 1 rings (SSSR count). The Labute approximate surface area is 88.5 Å². The van der Waals surface area contributed by atoms with E-state index in [9.17, 15) is 4.21 Å². The van der Waals surface area contributed by atoms with Crippen molar-refractivity contribution in [1.82, 2.24) is 0 Å². The Hall–Kier alpha value is -0.220. The van der Waals surface area contributed by atoms with Crippen molar-refractivity contribution in [3.05, 3.63) is 0 Å². The van der Waals surface area contributed by atoms with Crippen molar-refractivity contribution in [2.45, 2.75) is 38.4 Å². The maximum absolute atomic E-state index is 11.6. The summed E-state index contributed by atoms with van der Waals surface area (Å²) in [7, 11) is -1.13. The quantitative estimate of drug-likeness (QED) is 0.663. The van der Waals surface area contributed by atoms with Gasteiger partial charge in [0.1, 0.15) is 11.0 Å². The van der Waals surface area contributed by atoms with E-state index in [-0.39, 0.29) is 4.75 Å². The van der Waals surface area contributed by atoms with Gasteiger partial charge in [0, 0.05) is 18.7 Å². The highest BCUT2D eigenvalue weighted by molar-refractivity contribution is 7.85. The van der Waals surface area contributed by atoms with Gasteiger partial charge in [-0.25, -0.2) is 4.21 Å². The molecule has 14 heavy (non-hydrogen) atoms. The lowest BCUT2D eigenvalue weighted by molar-refractivity contribution is 0.0784. The molecule has 0 aromatic heterocycles. The van der Waals surface area contributed by atoms with Crippen LogP contribution in [0.5, 0.6) is 0 Å². The molecule has 82 valence electrons. The summed E-state index contributed by atoms with van der Waals surface area (Å²) in [5, 5.41) is 0. The fraction of sp³-hybridized carbons (Fsp3) is 0.900. The van der Waals surface area contributed by atoms with E-state index in [1.54, 1.807) is 6.21 Å². The van der Waals surface area contributed by atoms with E-state index in [1.807, 2.05) is 20.8 Å². The van der Waals surface area contributed by atoms with Crippen LogP contribution in [0.25, 0.3) is 0 Å². The number of hydrogen-bond donors (Lipinski definition) is 0. The third-order valence-corrected chi connectivity index (χ3v) is 3.45. The van der Waals surface area contributed by atoms with Crippen molar-refractivity contribution in [3.8, 4) is 0 Å². The van der Waals surface area contributed by atoms with Crippen LogP contribution in [-0.2, 0) is 15.7 Å². The molecule has 1 fully saturated rings. The van der Waals surface area contributed by atoms with Gasteiger partial charge in [-0.2, -0.15) is 4.40 Å². The first-order valence-electron chi connectivity index (χ1n) is 5.04. The SMILES string of the molecule is CC(C)(C)S(=O)/N=C/[C@@H]1CCCOC1. The predicted octanol–water partition coefficient (Wildman–Crippen LogP) is 1.95. The average Bonchev–Trinajstić information content (AvgIpc) is 2.14. The van der Waals surface area contributed by atoms with Crippen LogP contribution in [0.1, 0.15) is 33.6 Å². The molecule has 1 saturated heterocycles. The Morgan fingerprint density at radius 3 is 2.71 bits per heavy atom. The summed E-state index contributed by atoms with van der Waals surface area (Å²) < 4.78 is 20.7. The van der Waals surface area contributed by atoms with Crippen LogP contribution < -0.4 is 0 Å². The van der Waals surface area contributed by atoms with Gasteiger partial charge in [-0.05, 0) is 33.6 Å². The van der Waals surface area contributed by atoms with Gasteiger partial charge in [0.05, 0.1) is 11.4 Å². The second-order valence-electron chi connectivity index (χ2n) is 4.59. The van der Waals surface area contributed by atoms with Gasteiger partial charge >= 0.3 is 0 Å². The van der Waals surface area contributed by atoms with Crippen LogP contribution in [0.2, 0.25) is 0 Å². The van der Waals surface area contributed by atoms with Gasteiger partial charge in [0.15, 0.2) is 0 Å². The van der Waals surface area contributed by atoms with Crippen molar-refractivity contribution >= 4 is 17.2 Å². The van der Waals surface area contributed by atoms with Crippen molar-refractivity contribution in [2.75, 3.05) is 13.2 Å². The molecule has 0 aliphatic carbocycles. The fourth-order valence-corrected chi connectivity index (χ4v) is 1.78. The number of hydrogen-bond acceptors (Lipinski definition) is 2. The number of ether oxygens (including phenoxy) is 1. The van der Waals surface area contributed by atoms with E-state index >= 15 is 0 Å². The lowest BCUT2D eigenvalue weighted by Gasteiger charge is -2.19. The van der Waals surface area contributed by atoms with Gasteiger partial charge in [-0.1, -0.05) is 0 Å². The zero-order chi connectivity index (χ0) is 10.6. The summed E-state index contributed by atoms with van der Waals surface area (Å²) in [5.41, 5.74) is 0. The Morgan fingerprint density at radius 1 is 1.50 bits per heavy atom. The summed E-state index contributed by atoms with van der Waals surface area (Å²) in [6.07, 6.45) is 3.99. The van der Waals surface area contributed by atoms with E-state index in [0.29, 0.717) is 5.92 Å². The van der Waals surface area contributed by atoms with Crippen molar-refractivity contribution < 1.29 is 8.95 Å². The molecule has 0 saturated carbocycles. The lowest BCUT2D eigenvalue weighted by atomic mass is 10.0. The molecule has 2 atom stereocenters. The molecular formula is C10H19NO2S. The van der Waals surface area contributed by atoms with E-state index in [4.69, 9.17) is 4.74 Å². The second kappa shape index (κ2) is 5.03. The summed E-state index contributed by atoms with van der Waals surface area (Å²) in [4.78, 5) is 0. The van der Waals surface area contributed by atoms with E-state index < -0.39 is 11.0 Å². The van der Waals surface area contributed by atoms with Crippen LogP contribution >= 0.6 is 0 Å². The molecule has 0 radical (unpaired) electrons. The highest BCUT2D eigenvalue weighted by Gasteiger charge is 2.19. The molecule has 0 amide bonds. The normalized spacial score (nSPS) is 26.6. The van der Waals surface area contributed by atoms with E-state index in [2.05, 4.69) is 4.40 Å². The highest BCUT2D eigenvalue weighted by Crippen LogP contribution is 2.15. The minimum atomic E-state index is -1.13. The molecule has 0 aromatic rings. The van der Waals surface area contributed by atoms with Crippen molar-refractivity contribution in [2.24, 2.45) is 10.3 Å². The Morgan fingerprint density at radius 2 is 2.21 bits per heavy atom. The van der Waals surface area contributed by atoms with Gasteiger partial charge in [-0.15, -0.1) is 0 Å². The maximum Gasteiger partial charge on any atom is 0.144 e. The number of nitrogens with zero attached hydrogens (tertiary/aromatic N) is 1. The topological polar surface area (TPSA) is 38.7 Å². The van der Waals surface area contributed by atoms with Gasteiger partial charge < -0.3 is 4.74 Å². The molecule has 1 unspecified atom stereocenters. The second-order valence-corrected chi connectivity index (χ2v) is 6.53. The van der Waals surface area contributed by atoms with Crippen molar-refractivity contribution in [1.29, 1.82) is 0 Å². The monoisotopic (exact) mass is 217 g/mol. The third kappa shape index (κ3) is 3.88. The first kappa shape index (κ1) is 11.9. The summed E-state index contributed by atoms with van der Waals surface area (Å²) in [6, 6.07) is 0. The molecule has 1 aliphatic heterocycles. The summed E-state index contributed by atoms with van der Waals surface area (Å²) >= 11 is 0. The molecule has 1 heterocycles. The molecule has 1 aliphatic rings. The first-order valence-corrected chi connectivity index (χ1v) is 6.15. The zero-order valence-corrected chi connectivity index (χ0v) is 9.97. The van der Waals surface area contributed by atoms with Gasteiger partial charge in [0.2, 0.25) is 0 Å². The average molecular weight is 217 g/mol. The fourth-order valence-electron chi connectivity index (χ4n) is 1.18. The Kier molecular flexibility index (Phi) is 4.26. The Balaban J connectivity index is 2.42. The molecule has 0 N–H and O–H groups in total. The lowest BCUT2D eigenvalue weighted by Crippen LogP contribution is -2.22. The van der Waals surface area contributed by atoms with Crippen LogP contribution in [0.3, 0.4) is 0 Å². The van der Waals surface area contributed by atoms with Gasteiger partial charge in [-0.3, -0.25) is 0 Å². The van der Waals surface area contributed by atoms with E-state index in [0.717, 1.165) is 26.1 Å². The van der Waals surface area contributed by atoms with Gasteiger partial charge in [0.25, 0.3) is 0 Å². The standard InChI is InChI=1S/C10H19NO2S/c1-10(2,3)14(12)11-7-9-5-4-6-13-8-9/h7,9H,4-6,8H2,1-3H3/b11-7+/t9-,14?/m0/s1.